The molecule has 4 nitrogen and oxygen atoms in total. The van der Waals surface area contributed by atoms with Crippen LogP contribution in [0.2, 0.25) is 5.15 Å². The minimum Gasteiger partial charge on any atom is -0.395 e. The van der Waals surface area contributed by atoms with E-state index >= 15 is 0 Å². The molecule has 1 saturated heterocycles. The molecular formula is C10H17ClN4. The standard InChI is InChI=1S/C10H17ClN4/c1-2-14-5-3-8(4-6-14)15-7-9(12)10(11)13-15/h7-8H,2-6,12H2,1H3. The summed E-state index contributed by atoms with van der Waals surface area (Å²) in [5.74, 6) is 0. The van der Waals surface area contributed by atoms with E-state index in [2.05, 4.69) is 16.9 Å². The van der Waals surface area contributed by atoms with E-state index in [0.717, 1.165) is 32.5 Å². The Morgan fingerprint density at radius 3 is 2.67 bits per heavy atom. The Kier molecular flexibility index (Phi) is 3.17. The molecule has 0 spiro atoms. The molecule has 2 N–H and O–H groups in total. The maximum Gasteiger partial charge on any atom is 0.173 e. The van der Waals surface area contributed by atoms with E-state index in [4.69, 9.17) is 17.3 Å². The summed E-state index contributed by atoms with van der Waals surface area (Å²) in [6.07, 6.45) is 4.10. The number of piperidine rings is 1. The number of nitrogen functional groups attached to an aromatic ring is 1. The van der Waals surface area contributed by atoms with Gasteiger partial charge in [-0.3, -0.25) is 4.68 Å². The number of halogens is 1. The van der Waals surface area contributed by atoms with Gasteiger partial charge in [0.05, 0.1) is 11.7 Å². The maximum absolute atomic E-state index is 5.84. The highest BCUT2D eigenvalue weighted by Gasteiger charge is 2.20. The van der Waals surface area contributed by atoms with Gasteiger partial charge in [-0.25, -0.2) is 0 Å². The highest BCUT2D eigenvalue weighted by Crippen LogP contribution is 2.25. The fourth-order valence-corrected chi connectivity index (χ4v) is 2.21. The van der Waals surface area contributed by atoms with Crippen LogP contribution < -0.4 is 5.73 Å². The average Bonchev–Trinajstić information content (AvgIpc) is 2.59. The number of anilines is 1. The highest BCUT2D eigenvalue weighted by molar-refractivity contribution is 6.31. The molecule has 1 fully saturated rings. The molecule has 0 saturated carbocycles. The molecule has 5 heteroatoms. The molecule has 0 bridgehead atoms. The van der Waals surface area contributed by atoms with Gasteiger partial charge in [-0.15, -0.1) is 0 Å². The molecule has 1 aliphatic heterocycles. The summed E-state index contributed by atoms with van der Waals surface area (Å²) >= 11 is 5.84. The topological polar surface area (TPSA) is 47.1 Å². The van der Waals surface area contributed by atoms with E-state index in [1.54, 1.807) is 0 Å². The Morgan fingerprint density at radius 1 is 1.53 bits per heavy atom. The molecule has 2 rings (SSSR count). The van der Waals surface area contributed by atoms with Crippen molar-refractivity contribution in [2.75, 3.05) is 25.4 Å². The van der Waals surface area contributed by atoms with Crippen molar-refractivity contribution in [2.24, 2.45) is 0 Å². The van der Waals surface area contributed by atoms with E-state index in [9.17, 15) is 0 Å². The number of nitrogens with zero attached hydrogens (tertiary/aromatic N) is 3. The average molecular weight is 229 g/mol. The molecule has 0 atom stereocenters. The van der Waals surface area contributed by atoms with Crippen LogP contribution in [0.1, 0.15) is 25.8 Å². The summed E-state index contributed by atoms with van der Waals surface area (Å²) in [7, 11) is 0. The number of rotatable bonds is 2. The van der Waals surface area contributed by atoms with Crippen LogP contribution in [-0.4, -0.2) is 34.3 Å². The van der Waals surface area contributed by atoms with Crippen molar-refractivity contribution in [3.63, 3.8) is 0 Å². The van der Waals surface area contributed by atoms with Crippen molar-refractivity contribution in [3.8, 4) is 0 Å². The van der Waals surface area contributed by atoms with Gasteiger partial charge in [-0.1, -0.05) is 18.5 Å². The van der Waals surface area contributed by atoms with Crippen molar-refractivity contribution in [1.29, 1.82) is 0 Å². The van der Waals surface area contributed by atoms with Crippen molar-refractivity contribution in [3.05, 3.63) is 11.3 Å². The van der Waals surface area contributed by atoms with E-state index in [1.807, 2.05) is 10.9 Å². The van der Waals surface area contributed by atoms with Crippen LogP contribution in [0.4, 0.5) is 5.69 Å². The van der Waals surface area contributed by atoms with Crippen LogP contribution in [0, 0.1) is 0 Å². The normalized spacial score (nSPS) is 19.6. The Hall–Kier alpha value is -0.740. The molecule has 0 aromatic carbocycles. The SMILES string of the molecule is CCN1CCC(n2cc(N)c(Cl)n2)CC1. The van der Waals surface area contributed by atoms with E-state index < -0.39 is 0 Å². The molecule has 0 amide bonds. The van der Waals surface area contributed by atoms with Crippen molar-refractivity contribution < 1.29 is 0 Å². The Balaban J connectivity index is 2.01. The lowest BCUT2D eigenvalue weighted by molar-refractivity contribution is 0.187. The van der Waals surface area contributed by atoms with Gasteiger partial charge in [0, 0.05) is 19.3 Å². The first-order chi connectivity index (χ1) is 7.20. The number of hydrogen-bond acceptors (Lipinski definition) is 3. The second-order valence-corrected chi connectivity index (χ2v) is 4.38. The predicted molar refractivity (Wildman–Crippen MR) is 62.0 cm³/mol. The predicted octanol–water partition coefficient (Wildman–Crippen LogP) is 1.78. The molecular weight excluding hydrogens is 212 g/mol. The summed E-state index contributed by atoms with van der Waals surface area (Å²) < 4.78 is 1.92. The largest absolute Gasteiger partial charge is 0.395 e. The van der Waals surface area contributed by atoms with Crippen LogP contribution in [0.5, 0.6) is 0 Å². The number of nitrogens with two attached hydrogens (primary N) is 1. The summed E-state index contributed by atoms with van der Waals surface area (Å²) in [5.41, 5.74) is 6.25. The Morgan fingerprint density at radius 2 is 2.20 bits per heavy atom. The van der Waals surface area contributed by atoms with Crippen molar-refractivity contribution >= 4 is 17.3 Å². The zero-order valence-corrected chi connectivity index (χ0v) is 9.74. The lowest BCUT2D eigenvalue weighted by Crippen LogP contribution is -2.34. The summed E-state index contributed by atoms with van der Waals surface area (Å²) in [4.78, 5) is 2.45. The summed E-state index contributed by atoms with van der Waals surface area (Å²) in [6.45, 7) is 5.61. The molecule has 2 heterocycles. The smallest absolute Gasteiger partial charge is 0.173 e. The molecule has 0 aliphatic carbocycles. The molecule has 0 unspecified atom stereocenters. The third-order valence-electron chi connectivity index (χ3n) is 3.09. The fourth-order valence-electron chi connectivity index (χ4n) is 2.07. The third kappa shape index (κ3) is 2.26. The van der Waals surface area contributed by atoms with Gasteiger partial charge >= 0.3 is 0 Å². The second-order valence-electron chi connectivity index (χ2n) is 4.02. The fraction of sp³-hybridized carbons (Fsp3) is 0.700. The van der Waals surface area contributed by atoms with Gasteiger partial charge < -0.3 is 10.6 Å². The van der Waals surface area contributed by atoms with Gasteiger partial charge in [0.25, 0.3) is 0 Å². The number of likely N-dealkylation sites (tertiary alicyclic amines) is 1. The number of aromatic nitrogens is 2. The Bertz CT molecular complexity index is 309. The van der Waals surface area contributed by atoms with Gasteiger partial charge in [0.1, 0.15) is 0 Å². The van der Waals surface area contributed by atoms with Crippen molar-refractivity contribution in [1.82, 2.24) is 14.7 Å². The lowest BCUT2D eigenvalue weighted by atomic mass is 10.1. The molecule has 0 radical (unpaired) electrons. The monoisotopic (exact) mass is 228 g/mol. The zero-order chi connectivity index (χ0) is 10.8. The maximum atomic E-state index is 5.84. The molecule has 15 heavy (non-hydrogen) atoms. The second kappa shape index (κ2) is 4.41. The first-order valence-corrected chi connectivity index (χ1v) is 5.81. The van der Waals surface area contributed by atoms with Gasteiger partial charge in [-0.2, -0.15) is 5.10 Å². The van der Waals surface area contributed by atoms with Crippen LogP contribution in [-0.2, 0) is 0 Å². The lowest BCUT2D eigenvalue weighted by Gasteiger charge is -2.30. The first-order valence-electron chi connectivity index (χ1n) is 5.43. The summed E-state index contributed by atoms with van der Waals surface area (Å²) in [5, 5.41) is 4.65. The highest BCUT2D eigenvalue weighted by atomic mass is 35.5. The number of hydrogen-bond donors (Lipinski definition) is 1. The van der Waals surface area contributed by atoms with Crippen LogP contribution in [0.15, 0.2) is 6.20 Å². The molecule has 1 aliphatic rings. The third-order valence-corrected chi connectivity index (χ3v) is 3.39. The van der Waals surface area contributed by atoms with Crippen LogP contribution >= 0.6 is 11.6 Å². The zero-order valence-electron chi connectivity index (χ0n) is 8.99. The van der Waals surface area contributed by atoms with E-state index in [0.29, 0.717) is 16.9 Å². The van der Waals surface area contributed by atoms with Crippen LogP contribution in [0.3, 0.4) is 0 Å². The molecule has 1 aromatic heterocycles. The van der Waals surface area contributed by atoms with Gasteiger partial charge in [0.2, 0.25) is 0 Å². The van der Waals surface area contributed by atoms with Gasteiger partial charge in [0.15, 0.2) is 5.15 Å². The van der Waals surface area contributed by atoms with Crippen molar-refractivity contribution in [2.45, 2.75) is 25.8 Å². The van der Waals surface area contributed by atoms with E-state index in [1.165, 1.54) is 0 Å². The van der Waals surface area contributed by atoms with Gasteiger partial charge in [-0.05, 0) is 19.4 Å². The Labute approximate surface area is 95.0 Å². The van der Waals surface area contributed by atoms with Crippen LogP contribution in [0.25, 0.3) is 0 Å². The summed E-state index contributed by atoms with van der Waals surface area (Å²) in [6, 6.07) is 0.461. The minimum absolute atomic E-state index is 0.424. The minimum atomic E-state index is 0.424. The molecule has 1 aromatic rings. The quantitative estimate of drug-likeness (QED) is 0.840. The molecule has 84 valence electrons. The first kappa shape index (κ1) is 10.8. The van der Waals surface area contributed by atoms with E-state index in [-0.39, 0.29) is 0 Å².